The predicted molar refractivity (Wildman–Crippen MR) is 133 cm³/mol. The number of hydrogen-bond acceptors (Lipinski definition) is 5. The van der Waals surface area contributed by atoms with Gasteiger partial charge in [-0.1, -0.05) is 29.8 Å². The fourth-order valence-electron chi connectivity index (χ4n) is 3.96. The van der Waals surface area contributed by atoms with Gasteiger partial charge in [0.2, 0.25) is 5.91 Å². The predicted octanol–water partition coefficient (Wildman–Crippen LogP) is 4.67. The van der Waals surface area contributed by atoms with Crippen molar-refractivity contribution in [3.63, 3.8) is 0 Å². The van der Waals surface area contributed by atoms with Gasteiger partial charge in [0.1, 0.15) is 11.4 Å². The first-order valence-electron chi connectivity index (χ1n) is 10.8. The number of carbonyl (C=O) groups excluding carboxylic acids is 3. The van der Waals surface area contributed by atoms with E-state index in [1.165, 1.54) is 14.0 Å². The zero-order chi connectivity index (χ0) is 24.4. The van der Waals surface area contributed by atoms with E-state index >= 15 is 0 Å². The second-order valence-electron chi connectivity index (χ2n) is 8.10. The first-order chi connectivity index (χ1) is 16.3. The second kappa shape index (κ2) is 9.23. The van der Waals surface area contributed by atoms with E-state index in [1.807, 2.05) is 32.0 Å². The summed E-state index contributed by atoms with van der Waals surface area (Å²) in [5, 5.41) is 5.85. The molecule has 0 spiro atoms. The smallest absolute Gasteiger partial charge is 0.282 e. The number of amides is 3. The summed E-state index contributed by atoms with van der Waals surface area (Å²) in [6.45, 7) is 5.33. The van der Waals surface area contributed by atoms with Gasteiger partial charge in [0, 0.05) is 24.4 Å². The molecule has 0 aliphatic carbocycles. The molecule has 0 aromatic heterocycles. The Bertz CT molecular complexity index is 1330. The number of nitrogens with zero attached hydrogens (tertiary/aromatic N) is 1. The van der Waals surface area contributed by atoms with Crippen LogP contribution in [0.1, 0.15) is 23.6 Å². The number of ether oxygens (including phenoxy) is 1. The van der Waals surface area contributed by atoms with Crippen LogP contribution in [0.4, 0.5) is 17.1 Å². The van der Waals surface area contributed by atoms with E-state index in [1.54, 1.807) is 48.5 Å². The summed E-state index contributed by atoms with van der Waals surface area (Å²) in [5.41, 5.74) is 4.80. The summed E-state index contributed by atoms with van der Waals surface area (Å²) in [4.78, 5) is 39.7. The molecule has 4 rings (SSSR count). The molecule has 34 heavy (non-hydrogen) atoms. The van der Waals surface area contributed by atoms with Crippen LogP contribution in [0.15, 0.2) is 72.4 Å². The summed E-state index contributed by atoms with van der Waals surface area (Å²) >= 11 is 0. The van der Waals surface area contributed by atoms with E-state index in [0.717, 1.165) is 16.0 Å². The highest BCUT2D eigenvalue weighted by Gasteiger charge is 2.40. The summed E-state index contributed by atoms with van der Waals surface area (Å²) < 4.78 is 5.28. The third kappa shape index (κ3) is 4.41. The molecule has 1 heterocycles. The minimum Gasteiger partial charge on any atom is -0.497 e. The number of methoxy groups -OCH3 is 1. The minimum atomic E-state index is -0.459. The van der Waals surface area contributed by atoms with E-state index in [0.29, 0.717) is 33.9 Å². The van der Waals surface area contributed by atoms with Crippen LogP contribution in [0.5, 0.6) is 5.75 Å². The highest BCUT2D eigenvalue weighted by molar-refractivity contribution is 6.46. The monoisotopic (exact) mass is 455 g/mol. The molecule has 0 unspecified atom stereocenters. The Morgan fingerprint density at radius 1 is 0.882 bits per heavy atom. The fourth-order valence-corrected chi connectivity index (χ4v) is 3.96. The Balaban J connectivity index is 1.79. The van der Waals surface area contributed by atoms with Crippen LogP contribution in [0.25, 0.3) is 5.57 Å². The van der Waals surface area contributed by atoms with Gasteiger partial charge in [-0.3, -0.25) is 14.4 Å². The Hall–Kier alpha value is -4.39. The quantitative estimate of drug-likeness (QED) is 0.528. The molecule has 0 radical (unpaired) electrons. The van der Waals surface area contributed by atoms with Gasteiger partial charge in [0.15, 0.2) is 0 Å². The first-order valence-corrected chi connectivity index (χ1v) is 10.8. The molecule has 2 N–H and O–H groups in total. The van der Waals surface area contributed by atoms with Crippen molar-refractivity contribution in [2.45, 2.75) is 20.8 Å². The lowest BCUT2D eigenvalue weighted by Crippen LogP contribution is -2.32. The van der Waals surface area contributed by atoms with Crippen LogP contribution in [0, 0.1) is 13.8 Å². The maximum atomic E-state index is 13.6. The maximum absolute atomic E-state index is 13.6. The van der Waals surface area contributed by atoms with Crippen LogP contribution < -0.4 is 20.3 Å². The molecule has 7 heteroatoms. The Labute approximate surface area is 198 Å². The van der Waals surface area contributed by atoms with E-state index in [4.69, 9.17) is 4.74 Å². The summed E-state index contributed by atoms with van der Waals surface area (Å²) in [7, 11) is 1.53. The van der Waals surface area contributed by atoms with E-state index in [2.05, 4.69) is 10.6 Å². The number of nitrogens with one attached hydrogen (secondary N) is 2. The van der Waals surface area contributed by atoms with Gasteiger partial charge in [-0.25, -0.2) is 4.90 Å². The lowest BCUT2D eigenvalue weighted by Gasteiger charge is -2.16. The molecule has 0 saturated carbocycles. The molecule has 3 aromatic rings. The summed E-state index contributed by atoms with van der Waals surface area (Å²) in [6, 6.07) is 19.5. The average Bonchev–Trinajstić information content (AvgIpc) is 3.04. The van der Waals surface area contributed by atoms with Crippen LogP contribution in [-0.2, 0) is 14.4 Å². The van der Waals surface area contributed by atoms with Crippen molar-refractivity contribution in [3.05, 3.63) is 89.1 Å². The third-order valence-electron chi connectivity index (χ3n) is 5.52. The van der Waals surface area contributed by atoms with Crippen molar-refractivity contribution in [1.82, 2.24) is 0 Å². The minimum absolute atomic E-state index is 0.175. The van der Waals surface area contributed by atoms with E-state index in [9.17, 15) is 14.4 Å². The van der Waals surface area contributed by atoms with Gasteiger partial charge >= 0.3 is 0 Å². The normalized spacial score (nSPS) is 13.4. The average molecular weight is 456 g/mol. The second-order valence-corrected chi connectivity index (χ2v) is 8.10. The van der Waals surface area contributed by atoms with Gasteiger partial charge in [-0.15, -0.1) is 0 Å². The van der Waals surface area contributed by atoms with Crippen molar-refractivity contribution < 1.29 is 19.1 Å². The topological polar surface area (TPSA) is 87.7 Å². The van der Waals surface area contributed by atoms with Gasteiger partial charge in [0.25, 0.3) is 11.8 Å². The van der Waals surface area contributed by atoms with Gasteiger partial charge < -0.3 is 15.4 Å². The molecule has 172 valence electrons. The molecule has 1 aliphatic heterocycles. The van der Waals surface area contributed by atoms with Gasteiger partial charge in [-0.05, 0) is 61.4 Å². The van der Waals surface area contributed by atoms with Crippen molar-refractivity contribution in [1.29, 1.82) is 0 Å². The van der Waals surface area contributed by atoms with E-state index < -0.39 is 11.8 Å². The van der Waals surface area contributed by atoms with Crippen LogP contribution in [0.3, 0.4) is 0 Å². The van der Waals surface area contributed by atoms with Crippen LogP contribution in [0.2, 0.25) is 0 Å². The molecule has 0 bridgehead atoms. The lowest BCUT2D eigenvalue weighted by molar-refractivity contribution is -0.120. The Kier molecular flexibility index (Phi) is 6.19. The third-order valence-corrected chi connectivity index (χ3v) is 5.52. The largest absolute Gasteiger partial charge is 0.497 e. The maximum Gasteiger partial charge on any atom is 0.282 e. The molecule has 0 saturated heterocycles. The van der Waals surface area contributed by atoms with Crippen molar-refractivity contribution in [2.75, 3.05) is 22.6 Å². The zero-order valence-electron chi connectivity index (χ0n) is 19.4. The number of hydrogen-bond donors (Lipinski definition) is 2. The van der Waals surface area contributed by atoms with Crippen molar-refractivity contribution >= 4 is 40.4 Å². The number of rotatable bonds is 6. The van der Waals surface area contributed by atoms with Crippen LogP contribution in [-0.4, -0.2) is 24.8 Å². The number of carbonyl (C=O) groups is 3. The summed E-state index contributed by atoms with van der Waals surface area (Å²) in [5.74, 6) is -0.506. The molecule has 7 nitrogen and oxygen atoms in total. The number of imide groups is 1. The molecule has 3 aromatic carbocycles. The van der Waals surface area contributed by atoms with Gasteiger partial charge in [0.05, 0.1) is 18.4 Å². The first kappa shape index (κ1) is 22.8. The number of anilines is 3. The molecule has 3 amide bonds. The molecule has 0 fully saturated rings. The molecule has 1 aliphatic rings. The summed E-state index contributed by atoms with van der Waals surface area (Å²) in [6.07, 6.45) is 0. The van der Waals surface area contributed by atoms with Crippen molar-refractivity contribution in [3.8, 4) is 5.75 Å². The highest BCUT2D eigenvalue weighted by Crippen LogP contribution is 2.36. The van der Waals surface area contributed by atoms with Gasteiger partial charge in [-0.2, -0.15) is 0 Å². The fraction of sp³-hybridized carbons (Fsp3) is 0.148. The molecular weight excluding hydrogens is 430 g/mol. The SMILES string of the molecule is COc1cccc(N2C(=O)C(Nc3ccc(NC(C)=O)cc3)=C(c3ccc(C)cc3C)C2=O)c1. The van der Waals surface area contributed by atoms with E-state index in [-0.39, 0.29) is 11.6 Å². The molecular formula is C27H25N3O4. The standard InChI is InChI=1S/C27H25N3O4/c1-16-8-13-23(17(2)14-16)24-25(29-20-11-9-19(10-12-20)28-18(3)31)27(33)30(26(24)32)21-6-5-7-22(15-21)34-4/h5-15,29H,1-4H3,(H,28,31). The highest BCUT2D eigenvalue weighted by atomic mass is 16.5. The molecule has 0 atom stereocenters. The van der Waals surface area contributed by atoms with Crippen molar-refractivity contribution in [2.24, 2.45) is 0 Å². The number of benzene rings is 3. The lowest BCUT2D eigenvalue weighted by atomic mass is 9.97. The van der Waals surface area contributed by atoms with Crippen LogP contribution >= 0.6 is 0 Å². The zero-order valence-corrected chi connectivity index (χ0v) is 19.4. The Morgan fingerprint density at radius 2 is 1.59 bits per heavy atom. The Morgan fingerprint density at radius 3 is 2.24 bits per heavy atom. The number of aryl methyl sites for hydroxylation is 2.